The Morgan fingerprint density at radius 1 is 1.21 bits per heavy atom. The Hall–Kier alpha value is -2.02. The molecule has 3 rings (SSSR count). The minimum atomic E-state index is -4.36. The number of nitrogens with one attached hydrogen (secondary N) is 1. The first-order chi connectivity index (χ1) is 8.95. The fraction of sp³-hybridized carbons (Fsp3) is 0.0833. The van der Waals surface area contributed by atoms with Gasteiger partial charge in [-0.05, 0) is 18.2 Å². The Morgan fingerprint density at radius 2 is 2.00 bits per heavy atom. The normalized spacial score (nSPS) is 12.2. The third-order valence-electron chi connectivity index (χ3n) is 2.73. The first-order valence-electron chi connectivity index (χ1n) is 5.36. The van der Waals surface area contributed by atoms with E-state index in [1.807, 2.05) is 0 Å². The van der Waals surface area contributed by atoms with Crippen molar-refractivity contribution < 1.29 is 13.2 Å². The summed E-state index contributed by atoms with van der Waals surface area (Å²) in [5, 5.41) is 6.66. The van der Waals surface area contributed by atoms with Gasteiger partial charge >= 0.3 is 6.18 Å². The topological polar surface area (TPSA) is 54.7 Å². The standard InChI is InChI=1S/C12H8F3N3S/c13-12(14,15)7-2-1-3-9-6(7)4-10(19-9)8-5-11(16)18-17-8/h1-5H,(H3,16,17,18). The summed E-state index contributed by atoms with van der Waals surface area (Å²) in [5.74, 6) is 0.309. The van der Waals surface area contributed by atoms with E-state index in [1.54, 1.807) is 12.1 Å². The van der Waals surface area contributed by atoms with Crippen molar-refractivity contribution in [3.05, 3.63) is 35.9 Å². The lowest BCUT2D eigenvalue weighted by Crippen LogP contribution is -2.04. The van der Waals surface area contributed by atoms with E-state index in [0.717, 1.165) is 6.07 Å². The molecule has 3 aromatic rings. The summed E-state index contributed by atoms with van der Waals surface area (Å²) < 4.78 is 39.3. The van der Waals surface area contributed by atoms with Gasteiger partial charge in [-0.2, -0.15) is 18.3 Å². The molecule has 0 aliphatic carbocycles. The molecule has 2 aromatic heterocycles. The highest BCUT2D eigenvalue weighted by molar-refractivity contribution is 7.22. The quantitative estimate of drug-likeness (QED) is 0.711. The Labute approximate surface area is 109 Å². The maximum Gasteiger partial charge on any atom is 0.417 e. The fourth-order valence-corrected chi connectivity index (χ4v) is 2.96. The molecule has 0 radical (unpaired) electrons. The molecule has 0 aliphatic heterocycles. The van der Waals surface area contributed by atoms with Crippen LogP contribution in [0, 0.1) is 0 Å². The molecule has 0 saturated carbocycles. The average molecular weight is 283 g/mol. The number of alkyl halides is 3. The van der Waals surface area contributed by atoms with E-state index in [-0.39, 0.29) is 5.39 Å². The highest BCUT2D eigenvalue weighted by atomic mass is 32.1. The molecule has 0 saturated heterocycles. The number of hydrogen-bond donors (Lipinski definition) is 2. The second-order valence-electron chi connectivity index (χ2n) is 4.03. The van der Waals surface area contributed by atoms with E-state index >= 15 is 0 Å². The van der Waals surface area contributed by atoms with Crippen LogP contribution >= 0.6 is 11.3 Å². The van der Waals surface area contributed by atoms with Gasteiger partial charge in [0, 0.05) is 16.2 Å². The van der Waals surface area contributed by atoms with Crippen LogP contribution in [0.2, 0.25) is 0 Å². The lowest BCUT2D eigenvalue weighted by Gasteiger charge is -2.06. The van der Waals surface area contributed by atoms with Crippen molar-refractivity contribution in [2.45, 2.75) is 6.18 Å². The van der Waals surface area contributed by atoms with Crippen molar-refractivity contribution in [1.82, 2.24) is 10.2 Å². The van der Waals surface area contributed by atoms with Gasteiger partial charge in [-0.25, -0.2) is 0 Å². The summed E-state index contributed by atoms with van der Waals surface area (Å²) in [7, 11) is 0. The molecule has 0 aliphatic rings. The van der Waals surface area contributed by atoms with Crippen molar-refractivity contribution in [3.63, 3.8) is 0 Å². The average Bonchev–Trinajstić information content (AvgIpc) is 2.92. The largest absolute Gasteiger partial charge is 0.417 e. The molecular weight excluding hydrogens is 275 g/mol. The number of fused-ring (bicyclic) bond motifs is 1. The molecule has 98 valence electrons. The van der Waals surface area contributed by atoms with Gasteiger partial charge in [0.1, 0.15) is 5.82 Å². The minimum Gasteiger partial charge on any atom is -0.382 e. The van der Waals surface area contributed by atoms with Crippen LogP contribution in [0.5, 0.6) is 0 Å². The van der Waals surface area contributed by atoms with Gasteiger partial charge in [0.25, 0.3) is 0 Å². The summed E-state index contributed by atoms with van der Waals surface area (Å²) in [6, 6.07) is 7.26. The van der Waals surface area contributed by atoms with Crippen LogP contribution in [0.3, 0.4) is 0 Å². The van der Waals surface area contributed by atoms with Crippen LogP contribution in [0.4, 0.5) is 19.0 Å². The van der Waals surface area contributed by atoms with E-state index < -0.39 is 11.7 Å². The summed E-state index contributed by atoms with van der Waals surface area (Å²) in [6.07, 6.45) is -4.36. The smallest absolute Gasteiger partial charge is 0.382 e. The number of H-pyrrole nitrogens is 1. The van der Waals surface area contributed by atoms with E-state index in [9.17, 15) is 13.2 Å². The molecule has 2 heterocycles. The number of nitrogens with two attached hydrogens (primary N) is 1. The molecule has 7 heteroatoms. The number of benzene rings is 1. The summed E-state index contributed by atoms with van der Waals surface area (Å²) >= 11 is 1.27. The third-order valence-corrected chi connectivity index (χ3v) is 3.86. The number of anilines is 1. The van der Waals surface area contributed by atoms with Crippen molar-refractivity contribution in [1.29, 1.82) is 0 Å². The monoisotopic (exact) mass is 283 g/mol. The van der Waals surface area contributed by atoms with Gasteiger partial charge in [0.15, 0.2) is 0 Å². The molecule has 19 heavy (non-hydrogen) atoms. The molecule has 0 fully saturated rings. The maximum atomic E-state index is 12.9. The lowest BCUT2D eigenvalue weighted by molar-refractivity contribution is -0.136. The molecular formula is C12H8F3N3S. The van der Waals surface area contributed by atoms with Gasteiger partial charge in [0.2, 0.25) is 0 Å². The van der Waals surface area contributed by atoms with Crippen LogP contribution in [0.15, 0.2) is 30.3 Å². The van der Waals surface area contributed by atoms with Gasteiger partial charge in [0.05, 0.1) is 16.1 Å². The van der Waals surface area contributed by atoms with Crippen LogP contribution in [0.1, 0.15) is 5.56 Å². The molecule has 0 bridgehead atoms. The molecule has 3 N–H and O–H groups in total. The van der Waals surface area contributed by atoms with Crippen LogP contribution in [0.25, 0.3) is 20.7 Å². The number of nitrogen functional groups attached to an aromatic ring is 1. The van der Waals surface area contributed by atoms with E-state index in [1.165, 1.54) is 23.5 Å². The van der Waals surface area contributed by atoms with Gasteiger partial charge in [-0.3, -0.25) is 5.10 Å². The van der Waals surface area contributed by atoms with Gasteiger partial charge < -0.3 is 5.73 Å². The lowest BCUT2D eigenvalue weighted by atomic mass is 10.1. The van der Waals surface area contributed by atoms with Crippen molar-refractivity contribution >= 4 is 27.2 Å². The summed E-state index contributed by atoms with van der Waals surface area (Å²) in [5.41, 5.74) is 5.48. The fourth-order valence-electron chi connectivity index (χ4n) is 1.90. The Balaban J connectivity index is 2.21. The summed E-state index contributed by atoms with van der Waals surface area (Å²) in [4.78, 5) is 0.677. The highest BCUT2D eigenvalue weighted by Crippen LogP contribution is 2.40. The third kappa shape index (κ3) is 2.06. The summed E-state index contributed by atoms with van der Waals surface area (Å²) in [6.45, 7) is 0. The molecule has 0 unspecified atom stereocenters. The molecule has 0 atom stereocenters. The van der Waals surface area contributed by atoms with Gasteiger partial charge in [-0.1, -0.05) is 6.07 Å². The Kier molecular flexibility index (Phi) is 2.53. The Bertz CT molecular complexity index is 742. The first kappa shape index (κ1) is 12.0. The molecule has 0 amide bonds. The second kappa shape index (κ2) is 3.99. The second-order valence-corrected chi connectivity index (χ2v) is 5.12. The first-order valence-corrected chi connectivity index (χ1v) is 6.18. The predicted octanol–water partition coefficient (Wildman–Crippen LogP) is 3.89. The predicted molar refractivity (Wildman–Crippen MR) is 68.8 cm³/mol. The van der Waals surface area contributed by atoms with Crippen LogP contribution in [-0.2, 0) is 6.18 Å². The number of nitrogens with zero attached hydrogens (tertiary/aromatic N) is 1. The highest BCUT2D eigenvalue weighted by Gasteiger charge is 2.32. The van der Waals surface area contributed by atoms with E-state index in [0.29, 0.717) is 21.1 Å². The number of aromatic amines is 1. The number of thiophene rings is 1. The minimum absolute atomic E-state index is 0.197. The van der Waals surface area contributed by atoms with Crippen LogP contribution in [-0.4, -0.2) is 10.2 Å². The van der Waals surface area contributed by atoms with Crippen molar-refractivity contribution in [3.8, 4) is 10.6 Å². The zero-order chi connectivity index (χ0) is 13.6. The Morgan fingerprint density at radius 3 is 2.63 bits per heavy atom. The SMILES string of the molecule is Nc1cc(-c2cc3c(C(F)(F)F)cccc3s2)[nH]n1. The zero-order valence-corrected chi connectivity index (χ0v) is 10.3. The number of aromatic nitrogens is 2. The molecule has 3 nitrogen and oxygen atoms in total. The number of rotatable bonds is 1. The van der Waals surface area contributed by atoms with E-state index in [2.05, 4.69) is 10.2 Å². The van der Waals surface area contributed by atoms with Crippen molar-refractivity contribution in [2.75, 3.05) is 5.73 Å². The maximum absolute atomic E-state index is 12.9. The number of hydrogen-bond acceptors (Lipinski definition) is 3. The van der Waals surface area contributed by atoms with Gasteiger partial charge in [-0.15, -0.1) is 11.3 Å². The van der Waals surface area contributed by atoms with E-state index in [4.69, 9.17) is 5.73 Å². The number of halogens is 3. The van der Waals surface area contributed by atoms with Crippen molar-refractivity contribution in [2.24, 2.45) is 0 Å². The molecule has 0 spiro atoms. The molecule has 1 aromatic carbocycles. The zero-order valence-electron chi connectivity index (χ0n) is 9.45. The van der Waals surface area contributed by atoms with Crippen LogP contribution < -0.4 is 5.73 Å².